The predicted molar refractivity (Wildman–Crippen MR) is 135 cm³/mol. The van der Waals surface area contributed by atoms with E-state index in [9.17, 15) is 14.0 Å². The summed E-state index contributed by atoms with van der Waals surface area (Å²) >= 11 is 5.94. The molecule has 2 atom stereocenters. The Hall–Kier alpha value is -3.58. The van der Waals surface area contributed by atoms with Crippen LogP contribution in [0.25, 0.3) is 0 Å². The summed E-state index contributed by atoms with van der Waals surface area (Å²) in [6.07, 6.45) is 0.633. The molecule has 2 aliphatic rings. The van der Waals surface area contributed by atoms with Gasteiger partial charge in [-0.05, 0) is 73.4 Å². The normalized spacial score (nSPS) is 18.1. The third kappa shape index (κ3) is 4.17. The van der Waals surface area contributed by atoms with Crippen molar-refractivity contribution >= 4 is 29.1 Å². The van der Waals surface area contributed by atoms with Gasteiger partial charge in [0, 0.05) is 17.8 Å². The molecular weight excluding hydrogens is 483 g/mol. The SMILES string of the molecule is CCOc1cc2c(cc1OCC)[C@H]1[C@@H](C(=O)Nc3ccc(F)c(Cl)c3)c3ccccc3C(=O)N1CC2. The molecule has 0 fully saturated rings. The van der Waals surface area contributed by atoms with Crippen LogP contribution in [-0.4, -0.2) is 36.5 Å². The van der Waals surface area contributed by atoms with Gasteiger partial charge in [-0.3, -0.25) is 9.59 Å². The van der Waals surface area contributed by atoms with Gasteiger partial charge in [0.15, 0.2) is 11.5 Å². The molecule has 0 saturated heterocycles. The topological polar surface area (TPSA) is 67.9 Å². The summed E-state index contributed by atoms with van der Waals surface area (Å²) in [5.74, 6) is -0.459. The maximum absolute atomic E-state index is 13.8. The Kier molecular flexibility index (Phi) is 6.58. The Balaban J connectivity index is 1.63. The van der Waals surface area contributed by atoms with Crippen LogP contribution in [0.1, 0.15) is 52.9 Å². The summed E-state index contributed by atoms with van der Waals surface area (Å²) in [5, 5.41) is 2.80. The van der Waals surface area contributed by atoms with Crippen molar-refractivity contribution < 1.29 is 23.5 Å². The van der Waals surface area contributed by atoms with Gasteiger partial charge < -0.3 is 19.7 Å². The molecule has 0 spiro atoms. The van der Waals surface area contributed by atoms with Crippen LogP contribution in [0, 0.1) is 5.82 Å². The fourth-order valence-electron chi connectivity index (χ4n) is 5.15. The highest BCUT2D eigenvalue weighted by atomic mass is 35.5. The molecule has 3 aromatic carbocycles. The lowest BCUT2D eigenvalue weighted by Gasteiger charge is -2.45. The number of fused-ring (bicyclic) bond motifs is 4. The number of amides is 2. The Morgan fingerprint density at radius 3 is 2.50 bits per heavy atom. The van der Waals surface area contributed by atoms with E-state index in [2.05, 4.69) is 5.32 Å². The van der Waals surface area contributed by atoms with Crippen molar-refractivity contribution in [3.63, 3.8) is 0 Å². The van der Waals surface area contributed by atoms with Gasteiger partial charge in [-0.25, -0.2) is 4.39 Å². The van der Waals surface area contributed by atoms with Crippen LogP contribution in [0.5, 0.6) is 11.5 Å². The number of rotatable bonds is 6. The molecule has 0 bridgehead atoms. The zero-order valence-electron chi connectivity index (χ0n) is 20.0. The molecule has 0 saturated carbocycles. The van der Waals surface area contributed by atoms with E-state index in [0.717, 1.165) is 11.1 Å². The van der Waals surface area contributed by atoms with Crippen molar-refractivity contribution in [2.45, 2.75) is 32.2 Å². The lowest BCUT2D eigenvalue weighted by Crippen LogP contribution is -2.49. The zero-order valence-corrected chi connectivity index (χ0v) is 20.8. The van der Waals surface area contributed by atoms with E-state index in [-0.39, 0.29) is 16.8 Å². The van der Waals surface area contributed by atoms with Gasteiger partial charge in [-0.2, -0.15) is 0 Å². The molecule has 6 nitrogen and oxygen atoms in total. The lowest BCUT2D eigenvalue weighted by atomic mass is 9.75. The Morgan fingerprint density at radius 1 is 1.06 bits per heavy atom. The van der Waals surface area contributed by atoms with Crippen molar-refractivity contribution in [1.82, 2.24) is 4.90 Å². The van der Waals surface area contributed by atoms with Gasteiger partial charge in [0.05, 0.1) is 30.2 Å². The van der Waals surface area contributed by atoms with Crippen molar-refractivity contribution in [1.29, 1.82) is 0 Å². The van der Waals surface area contributed by atoms with E-state index >= 15 is 0 Å². The largest absolute Gasteiger partial charge is 0.490 e. The molecule has 36 heavy (non-hydrogen) atoms. The van der Waals surface area contributed by atoms with E-state index in [1.165, 1.54) is 18.2 Å². The van der Waals surface area contributed by atoms with Crippen LogP contribution < -0.4 is 14.8 Å². The van der Waals surface area contributed by atoms with Gasteiger partial charge in [-0.1, -0.05) is 29.8 Å². The summed E-state index contributed by atoms with van der Waals surface area (Å²) in [5.41, 5.74) is 3.40. The number of hydrogen-bond donors (Lipinski definition) is 1. The van der Waals surface area contributed by atoms with Gasteiger partial charge in [0.1, 0.15) is 5.82 Å². The number of ether oxygens (including phenoxy) is 2. The number of anilines is 1. The van der Waals surface area contributed by atoms with E-state index in [1.807, 2.05) is 38.1 Å². The summed E-state index contributed by atoms with van der Waals surface area (Å²) in [6.45, 7) is 5.22. The highest BCUT2D eigenvalue weighted by Crippen LogP contribution is 2.48. The quantitative estimate of drug-likeness (QED) is 0.460. The molecule has 1 N–H and O–H groups in total. The minimum absolute atomic E-state index is 0.0820. The predicted octanol–water partition coefficient (Wildman–Crippen LogP) is 5.75. The number of benzene rings is 3. The second kappa shape index (κ2) is 9.82. The summed E-state index contributed by atoms with van der Waals surface area (Å²) in [6, 6.07) is 14.6. The molecule has 3 aromatic rings. The Bertz CT molecular complexity index is 1350. The van der Waals surface area contributed by atoms with E-state index < -0.39 is 17.8 Å². The molecule has 2 amide bonds. The molecule has 0 aliphatic carbocycles. The standard InChI is InChI=1S/C28H26ClFN2O4/c1-3-35-23-13-16-11-12-32-26(20(16)15-24(23)36-4-2)25(18-7-5-6-8-19(18)28(32)34)27(33)31-17-9-10-22(30)21(29)14-17/h5-10,13-15,25-26H,3-4,11-12H2,1-2H3,(H,31,33)/t25-,26-/m0/s1. The summed E-state index contributed by atoms with van der Waals surface area (Å²) in [4.78, 5) is 29.1. The number of halogens is 2. The molecular formula is C28H26ClFN2O4. The first-order chi connectivity index (χ1) is 17.4. The van der Waals surface area contributed by atoms with Crippen molar-refractivity contribution in [3.05, 3.63) is 87.7 Å². The first kappa shape index (κ1) is 24.1. The molecule has 0 unspecified atom stereocenters. The van der Waals surface area contributed by atoms with E-state index in [1.54, 1.807) is 17.0 Å². The minimum atomic E-state index is -0.700. The van der Waals surface area contributed by atoms with Crippen molar-refractivity contribution in [3.8, 4) is 11.5 Å². The molecule has 0 radical (unpaired) electrons. The highest BCUT2D eigenvalue weighted by Gasteiger charge is 2.46. The maximum Gasteiger partial charge on any atom is 0.254 e. The Morgan fingerprint density at radius 2 is 1.78 bits per heavy atom. The van der Waals surface area contributed by atoms with Crippen LogP contribution in [0.3, 0.4) is 0 Å². The van der Waals surface area contributed by atoms with Crippen molar-refractivity contribution in [2.24, 2.45) is 0 Å². The first-order valence-electron chi connectivity index (χ1n) is 12.0. The average Bonchev–Trinajstić information content (AvgIpc) is 2.87. The van der Waals surface area contributed by atoms with Crippen LogP contribution in [-0.2, 0) is 11.2 Å². The number of hydrogen-bond acceptors (Lipinski definition) is 4. The van der Waals surface area contributed by atoms with E-state index in [0.29, 0.717) is 54.5 Å². The van der Waals surface area contributed by atoms with Gasteiger partial charge in [0.2, 0.25) is 5.91 Å². The molecule has 5 rings (SSSR count). The van der Waals surface area contributed by atoms with Crippen LogP contribution in [0.4, 0.5) is 10.1 Å². The number of nitrogens with zero attached hydrogens (tertiary/aromatic N) is 1. The summed E-state index contributed by atoms with van der Waals surface area (Å²) < 4.78 is 25.4. The first-order valence-corrected chi connectivity index (χ1v) is 12.4. The van der Waals surface area contributed by atoms with Gasteiger partial charge >= 0.3 is 0 Å². The molecule has 2 aliphatic heterocycles. The average molecular weight is 509 g/mol. The Labute approximate surface area is 214 Å². The molecule has 0 aromatic heterocycles. The van der Waals surface area contributed by atoms with Crippen LogP contribution >= 0.6 is 11.6 Å². The number of carbonyl (C=O) groups excluding carboxylic acids is 2. The highest BCUT2D eigenvalue weighted by molar-refractivity contribution is 6.31. The maximum atomic E-state index is 13.8. The van der Waals surface area contributed by atoms with Crippen LogP contribution in [0.15, 0.2) is 54.6 Å². The second-order valence-corrected chi connectivity index (χ2v) is 9.15. The van der Waals surface area contributed by atoms with Crippen LogP contribution in [0.2, 0.25) is 5.02 Å². The second-order valence-electron chi connectivity index (χ2n) is 8.74. The fourth-order valence-corrected chi connectivity index (χ4v) is 5.33. The smallest absolute Gasteiger partial charge is 0.254 e. The lowest BCUT2D eigenvalue weighted by molar-refractivity contribution is -0.119. The third-order valence-corrected chi connectivity index (χ3v) is 6.94. The third-order valence-electron chi connectivity index (χ3n) is 6.65. The summed E-state index contributed by atoms with van der Waals surface area (Å²) in [7, 11) is 0. The fraction of sp³-hybridized carbons (Fsp3) is 0.286. The minimum Gasteiger partial charge on any atom is -0.490 e. The van der Waals surface area contributed by atoms with E-state index in [4.69, 9.17) is 21.1 Å². The number of nitrogens with one attached hydrogen (secondary N) is 1. The molecule has 186 valence electrons. The molecule has 8 heteroatoms. The van der Waals surface area contributed by atoms with Crippen molar-refractivity contribution in [2.75, 3.05) is 25.1 Å². The monoisotopic (exact) mass is 508 g/mol. The molecule has 2 heterocycles. The van der Waals surface area contributed by atoms with Gasteiger partial charge in [0.25, 0.3) is 5.91 Å². The van der Waals surface area contributed by atoms with Gasteiger partial charge in [-0.15, -0.1) is 0 Å². The number of carbonyl (C=O) groups is 2. The zero-order chi connectivity index (χ0) is 25.4.